The van der Waals surface area contributed by atoms with Crippen molar-refractivity contribution in [3.8, 4) is 5.75 Å². The van der Waals surface area contributed by atoms with Gasteiger partial charge in [-0.2, -0.15) is 0 Å². The maximum absolute atomic E-state index is 12.3. The number of rotatable bonds is 3. The molecule has 4 nitrogen and oxygen atoms in total. The Hall–Kier alpha value is -2.14. The van der Waals surface area contributed by atoms with Crippen LogP contribution in [0, 0.1) is 5.92 Å². The summed E-state index contributed by atoms with van der Waals surface area (Å²) in [5, 5.41) is 24.2. The van der Waals surface area contributed by atoms with Gasteiger partial charge in [-0.05, 0) is 79.3 Å². The standard InChI is InChI=1S/C26H27ClN2O2/c27-21-6-7-23-18(11-21)10-19-13-26(31)16-29(15-17-4-5-17)9-8-25(26,14-24(19)28-23)20-2-1-3-22(30)12-20/h1-3,6-7,10-12,17,30-31H,4-5,8-9,13-16H2/t25-,26-/m0/s1. The van der Waals surface area contributed by atoms with Crippen molar-refractivity contribution >= 4 is 22.5 Å². The number of aliphatic hydroxyl groups is 1. The Balaban J connectivity index is 1.48. The Bertz CT molecular complexity index is 1180. The minimum absolute atomic E-state index is 0.251. The first-order valence-electron chi connectivity index (χ1n) is 11.3. The summed E-state index contributed by atoms with van der Waals surface area (Å²) in [5.41, 5.74) is 2.76. The van der Waals surface area contributed by atoms with E-state index in [1.165, 1.54) is 12.8 Å². The van der Waals surface area contributed by atoms with Crippen LogP contribution in [0.1, 0.15) is 36.1 Å². The Morgan fingerprint density at radius 3 is 2.77 bits per heavy atom. The zero-order valence-electron chi connectivity index (χ0n) is 17.5. The predicted molar refractivity (Wildman–Crippen MR) is 123 cm³/mol. The number of halogens is 1. The summed E-state index contributed by atoms with van der Waals surface area (Å²) in [6.45, 7) is 2.70. The van der Waals surface area contributed by atoms with Gasteiger partial charge in [-0.3, -0.25) is 4.98 Å². The van der Waals surface area contributed by atoms with Crippen molar-refractivity contribution in [3.05, 3.63) is 70.4 Å². The maximum atomic E-state index is 12.3. The second kappa shape index (κ2) is 6.93. The second-order valence-corrected chi connectivity index (χ2v) is 10.3. The van der Waals surface area contributed by atoms with Crippen molar-refractivity contribution in [2.24, 2.45) is 5.92 Å². The van der Waals surface area contributed by atoms with E-state index in [0.29, 0.717) is 24.4 Å². The van der Waals surface area contributed by atoms with Crippen LogP contribution in [0.2, 0.25) is 5.02 Å². The highest BCUT2D eigenvalue weighted by Crippen LogP contribution is 2.51. The van der Waals surface area contributed by atoms with Crippen LogP contribution in [0.15, 0.2) is 48.5 Å². The van der Waals surface area contributed by atoms with Crippen LogP contribution in [0.25, 0.3) is 10.9 Å². The van der Waals surface area contributed by atoms with Crippen LogP contribution >= 0.6 is 11.6 Å². The van der Waals surface area contributed by atoms with E-state index in [9.17, 15) is 10.2 Å². The van der Waals surface area contributed by atoms with E-state index >= 15 is 0 Å². The summed E-state index contributed by atoms with van der Waals surface area (Å²) in [6, 6.07) is 15.5. The molecule has 2 N–H and O–H groups in total. The zero-order chi connectivity index (χ0) is 21.2. The first-order valence-corrected chi connectivity index (χ1v) is 11.6. The molecule has 2 heterocycles. The molecule has 1 aromatic heterocycles. The molecule has 0 bridgehead atoms. The first-order chi connectivity index (χ1) is 14.9. The van der Waals surface area contributed by atoms with E-state index in [0.717, 1.165) is 53.2 Å². The zero-order valence-corrected chi connectivity index (χ0v) is 18.3. The highest BCUT2D eigenvalue weighted by molar-refractivity contribution is 6.31. The number of phenols is 1. The molecule has 2 atom stereocenters. The van der Waals surface area contributed by atoms with Crippen LogP contribution in [0.5, 0.6) is 5.75 Å². The summed E-state index contributed by atoms with van der Waals surface area (Å²) in [7, 11) is 0. The van der Waals surface area contributed by atoms with Gasteiger partial charge in [0.15, 0.2) is 0 Å². The van der Waals surface area contributed by atoms with Crippen molar-refractivity contribution in [1.82, 2.24) is 9.88 Å². The average Bonchev–Trinajstić information content (AvgIpc) is 3.54. The lowest BCUT2D eigenvalue weighted by molar-refractivity contribution is -0.104. The van der Waals surface area contributed by atoms with Crippen molar-refractivity contribution in [1.29, 1.82) is 0 Å². The topological polar surface area (TPSA) is 56.6 Å². The normalized spacial score (nSPS) is 28.3. The van der Waals surface area contributed by atoms with Gasteiger partial charge in [0.1, 0.15) is 5.75 Å². The van der Waals surface area contributed by atoms with Crippen LogP contribution in [0.3, 0.4) is 0 Å². The van der Waals surface area contributed by atoms with Gasteiger partial charge in [0.25, 0.3) is 0 Å². The predicted octanol–water partition coefficient (Wildman–Crippen LogP) is 4.48. The molecule has 0 amide bonds. The lowest BCUT2D eigenvalue weighted by Gasteiger charge is -2.56. The Kier molecular flexibility index (Phi) is 4.37. The van der Waals surface area contributed by atoms with E-state index in [1.807, 2.05) is 30.3 Å². The molecular formula is C26H27ClN2O2. The lowest BCUT2D eigenvalue weighted by Crippen LogP contribution is -2.66. The van der Waals surface area contributed by atoms with Crippen LogP contribution in [0.4, 0.5) is 0 Å². The third-order valence-electron chi connectivity index (χ3n) is 7.74. The molecule has 2 aliphatic carbocycles. The van der Waals surface area contributed by atoms with Crippen molar-refractivity contribution in [3.63, 3.8) is 0 Å². The number of benzene rings is 2. The molecule has 6 rings (SSSR count). The molecular weight excluding hydrogens is 408 g/mol. The Labute approximate surface area is 187 Å². The first kappa shape index (κ1) is 19.5. The van der Waals surface area contributed by atoms with Gasteiger partial charge in [0.2, 0.25) is 0 Å². The summed E-state index contributed by atoms with van der Waals surface area (Å²) in [6.07, 6.45) is 4.73. The van der Waals surface area contributed by atoms with E-state index in [1.54, 1.807) is 6.07 Å². The fourth-order valence-corrected chi connectivity index (χ4v) is 6.12. The minimum atomic E-state index is -0.908. The molecule has 3 aromatic rings. The summed E-state index contributed by atoms with van der Waals surface area (Å²) >= 11 is 6.22. The van der Waals surface area contributed by atoms with Crippen LogP contribution in [-0.2, 0) is 18.3 Å². The summed E-state index contributed by atoms with van der Waals surface area (Å²) < 4.78 is 0. The molecule has 2 fully saturated rings. The SMILES string of the molecule is Oc1cccc([C@@]23CCN(CC4CC4)C[C@@]2(O)Cc2cc4cc(Cl)ccc4nc2C3)c1. The number of β-amino-alcohol motifs (C(OH)–C–C–N with tert-alkyl or cyclic N) is 1. The minimum Gasteiger partial charge on any atom is -0.508 e. The molecule has 0 unspecified atom stereocenters. The Morgan fingerprint density at radius 2 is 1.97 bits per heavy atom. The number of pyridine rings is 1. The largest absolute Gasteiger partial charge is 0.508 e. The van der Waals surface area contributed by atoms with Crippen LogP contribution in [-0.4, -0.2) is 45.3 Å². The molecule has 5 heteroatoms. The molecule has 1 aliphatic heterocycles. The van der Waals surface area contributed by atoms with E-state index < -0.39 is 11.0 Å². The van der Waals surface area contributed by atoms with Gasteiger partial charge in [-0.1, -0.05) is 23.7 Å². The second-order valence-electron chi connectivity index (χ2n) is 9.88. The monoisotopic (exact) mass is 434 g/mol. The third kappa shape index (κ3) is 3.24. The van der Waals surface area contributed by atoms with Gasteiger partial charge in [-0.25, -0.2) is 0 Å². The fraction of sp³-hybridized carbons (Fsp3) is 0.423. The van der Waals surface area contributed by atoms with E-state index in [2.05, 4.69) is 17.0 Å². The highest BCUT2D eigenvalue weighted by atomic mass is 35.5. The quantitative estimate of drug-likeness (QED) is 0.638. The number of phenolic OH excluding ortho intramolecular Hbond substituents is 1. The Morgan fingerprint density at radius 1 is 1.10 bits per heavy atom. The maximum Gasteiger partial charge on any atom is 0.115 e. The molecule has 1 saturated carbocycles. The van der Waals surface area contributed by atoms with Crippen LogP contribution < -0.4 is 0 Å². The molecule has 160 valence electrons. The number of nitrogens with zero attached hydrogens (tertiary/aromatic N) is 2. The number of aromatic hydroxyl groups is 1. The van der Waals surface area contributed by atoms with Crippen molar-refractivity contribution < 1.29 is 10.2 Å². The number of aromatic nitrogens is 1. The van der Waals surface area contributed by atoms with E-state index in [-0.39, 0.29) is 5.75 Å². The molecule has 2 aromatic carbocycles. The molecule has 1 saturated heterocycles. The van der Waals surface area contributed by atoms with Crippen molar-refractivity contribution in [2.75, 3.05) is 19.6 Å². The highest BCUT2D eigenvalue weighted by Gasteiger charge is 2.57. The summed E-state index contributed by atoms with van der Waals surface area (Å²) in [5.74, 6) is 1.04. The summed E-state index contributed by atoms with van der Waals surface area (Å²) in [4.78, 5) is 7.46. The van der Waals surface area contributed by atoms with E-state index in [4.69, 9.17) is 16.6 Å². The fourth-order valence-electron chi connectivity index (χ4n) is 5.94. The number of likely N-dealkylation sites (tertiary alicyclic amines) is 1. The van der Waals surface area contributed by atoms with Gasteiger partial charge in [-0.15, -0.1) is 0 Å². The molecule has 3 aliphatic rings. The smallest absolute Gasteiger partial charge is 0.115 e. The average molecular weight is 435 g/mol. The molecule has 31 heavy (non-hydrogen) atoms. The van der Waals surface area contributed by atoms with Gasteiger partial charge in [0, 0.05) is 47.4 Å². The number of piperidine rings is 1. The molecule has 0 spiro atoms. The van der Waals surface area contributed by atoms with Gasteiger partial charge >= 0.3 is 0 Å². The number of fused-ring (bicyclic) bond motifs is 3. The van der Waals surface area contributed by atoms with Gasteiger partial charge < -0.3 is 15.1 Å². The van der Waals surface area contributed by atoms with Crippen molar-refractivity contribution in [2.45, 2.75) is 43.1 Å². The third-order valence-corrected chi connectivity index (χ3v) is 7.98. The lowest BCUT2D eigenvalue weighted by atomic mass is 9.56. The molecule has 0 radical (unpaired) electrons. The van der Waals surface area contributed by atoms with Gasteiger partial charge in [0.05, 0.1) is 11.1 Å². The number of hydrogen-bond donors (Lipinski definition) is 2. The number of hydrogen-bond acceptors (Lipinski definition) is 4.